The average molecular weight is 218 g/mol. The first kappa shape index (κ1) is 20.0. The van der Waals surface area contributed by atoms with Gasteiger partial charge in [0, 0.05) is 0 Å². The molecule has 0 aliphatic heterocycles. The van der Waals surface area contributed by atoms with E-state index >= 15 is 0 Å². The van der Waals surface area contributed by atoms with Crippen molar-refractivity contribution in [1.29, 1.82) is 0 Å². The maximum Gasteiger partial charge on any atom is -0.0351 e. The molecule has 1 aliphatic carbocycles. The normalized spacial score (nSPS) is 11.0. The lowest BCUT2D eigenvalue weighted by atomic mass is 10.1. The highest BCUT2D eigenvalue weighted by Gasteiger charge is 1.87. The number of allylic oxidation sites excluding steroid dienone is 5. The Labute approximate surface area is 102 Å². The van der Waals surface area contributed by atoms with Crippen LogP contribution in [0.15, 0.2) is 49.6 Å². The summed E-state index contributed by atoms with van der Waals surface area (Å²) >= 11 is 0. The first-order chi connectivity index (χ1) is 7.68. The third-order valence-corrected chi connectivity index (χ3v) is 1.51. The van der Waals surface area contributed by atoms with E-state index in [1.807, 2.05) is 13.8 Å². The Morgan fingerprint density at radius 2 is 1.38 bits per heavy atom. The Hall–Kier alpha value is -1.48. The zero-order valence-corrected chi connectivity index (χ0v) is 10.9. The molecular weight excluding hydrogens is 192 g/mol. The van der Waals surface area contributed by atoms with Crippen LogP contribution in [0.5, 0.6) is 0 Å². The van der Waals surface area contributed by atoms with Crippen molar-refractivity contribution in [3.05, 3.63) is 49.6 Å². The van der Waals surface area contributed by atoms with Crippen molar-refractivity contribution in [2.24, 2.45) is 0 Å². The molecule has 0 aromatic rings. The molecule has 0 unspecified atom stereocenters. The van der Waals surface area contributed by atoms with Gasteiger partial charge in [0.05, 0.1) is 0 Å². The Morgan fingerprint density at radius 1 is 1.12 bits per heavy atom. The summed E-state index contributed by atoms with van der Waals surface area (Å²) in [6, 6.07) is 0. The van der Waals surface area contributed by atoms with Crippen LogP contribution in [0.3, 0.4) is 0 Å². The van der Waals surface area contributed by atoms with Crippen LogP contribution in [0.1, 0.15) is 39.5 Å². The quantitative estimate of drug-likeness (QED) is 0.318. The van der Waals surface area contributed by atoms with E-state index in [9.17, 15) is 0 Å². The van der Waals surface area contributed by atoms with Gasteiger partial charge in [-0.15, -0.1) is 19.4 Å². The van der Waals surface area contributed by atoms with Crippen LogP contribution < -0.4 is 0 Å². The fraction of sp³-hybridized carbons (Fsp3) is 0.375. The summed E-state index contributed by atoms with van der Waals surface area (Å²) in [7, 11) is 0. The van der Waals surface area contributed by atoms with Crippen molar-refractivity contribution in [2.45, 2.75) is 39.5 Å². The molecular formula is C16H26. The lowest BCUT2D eigenvalue weighted by molar-refractivity contribution is 0.730. The second-order valence-corrected chi connectivity index (χ2v) is 3.21. The molecule has 0 nitrogen and oxygen atoms in total. The second kappa shape index (κ2) is 23.4. The minimum Gasteiger partial charge on any atom is -0.124 e. The van der Waals surface area contributed by atoms with E-state index in [0.717, 1.165) is 5.57 Å². The monoisotopic (exact) mass is 218 g/mol. The molecule has 0 heterocycles. The Balaban J connectivity index is -0.000000155. The van der Waals surface area contributed by atoms with Gasteiger partial charge in [-0.1, -0.05) is 43.0 Å². The number of terminal acetylenes is 1. The summed E-state index contributed by atoms with van der Waals surface area (Å²) in [4.78, 5) is 0. The highest BCUT2D eigenvalue weighted by molar-refractivity contribution is 5.05. The molecule has 0 fully saturated rings. The predicted octanol–water partition coefficient (Wildman–Crippen LogP) is 5.31. The van der Waals surface area contributed by atoms with E-state index in [0.29, 0.717) is 0 Å². The Morgan fingerprint density at radius 3 is 1.44 bits per heavy atom. The lowest BCUT2D eigenvalue weighted by Gasteiger charge is -1.97. The van der Waals surface area contributed by atoms with E-state index < -0.39 is 0 Å². The van der Waals surface area contributed by atoms with Crippen molar-refractivity contribution in [2.75, 3.05) is 0 Å². The van der Waals surface area contributed by atoms with Gasteiger partial charge < -0.3 is 0 Å². The van der Waals surface area contributed by atoms with E-state index in [4.69, 9.17) is 0 Å². The second-order valence-electron chi connectivity index (χ2n) is 3.21. The fourth-order valence-electron chi connectivity index (χ4n) is 0.760. The van der Waals surface area contributed by atoms with Crippen molar-refractivity contribution >= 4 is 0 Å². The summed E-state index contributed by atoms with van der Waals surface area (Å²) in [5.41, 5.74) is 1.02. The first-order valence-corrected chi connectivity index (χ1v) is 5.52. The zero-order valence-electron chi connectivity index (χ0n) is 10.9. The van der Waals surface area contributed by atoms with Crippen molar-refractivity contribution < 1.29 is 0 Å². The van der Waals surface area contributed by atoms with Gasteiger partial charge in [0.15, 0.2) is 0 Å². The molecule has 90 valence electrons. The zero-order chi connectivity index (χ0) is 13.2. The number of hydrogen-bond donors (Lipinski definition) is 0. The fourth-order valence-corrected chi connectivity index (χ4v) is 0.760. The van der Waals surface area contributed by atoms with Crippen LogP contribution in [0.25, 0.3) is 0 Å². The van der Waals surface area contributed by atoms with Gasteiger partial charge in [0.1, 0.15) is 0 Å². The molecule has 0 aromatic heterocycles. The van der Waals surface area contributed by atoms with Crippen LogP contribution in [-0.4, -0.2) is 0 Å². The highest BCUT2D eigenvalue weighted by Crippen LogP contribution is 2.07. The van der Waals surface area contributed by atoms with Gasteiger partial charge in [-0.3, -0.25) is 0 Å². The molecule has 16 heavy (non-hydrogen) atoms. The van der Waals surface area contributed by atoms with Crippen LogP contribution in [0.2, 0.25) is 0 Å². The lowest BCUT2D eigenvalue weighted by Crippen LogP contribution is -1.77. The molecule has 0 aromatic carbocycles. The van der Waals surface area contributed by atoms with Crippen molar-refractivity contribution in [1.82, 2.24) is 0 Å². The highest BCUT2D eigenvalue weighted by atomic mass is 13.9. The maximum atomic E-state index is 4.00. The Bertz CT molecular complexity index is 195. The predicted molar refractivity (Wildman–Crippen MR) is 78.4 cm³/mol. The molecule has 0 bridgehead atoms. The van der Waals surface area contributed by atoms with Gasteiger partial charge >= 0.3 is 0 Å². The van der Waals surface area contributed by atoms with E-state index in [2.05, 4.69) is 44.7 Å². The van der Waals surface area contributed by atoms with Crippen molar-refractivity contribution in [3.63, 3.8) is 0 Å². The minimum absolute atomic E-state index is 1.02. The largest absolute Gasteiger partial charge is 0.124 e. The van der Waals surface area contributed by atoms with E-state index in [1.54, 1.807) is 12.2 Å². The summed E-state index contributed by atoms with van der Waals surface area (Å²) in [6.07, 6.45) is 21.5. The smallest absolute Gasteiger partial charge is 0.0351 e. The van der Waals surface area contributed by atoms with Gasteiger partial charge in [-0.05, 0) is 39.5 Å². The van der Waals surface area contributed by atoms with Crippen LogP contribution in [0.4, 0.5) is 0 Å². The number of rotatable bonds is 1. The maximum absolute atomic E-state index is 4.00. The van der Waals surface area contributed by atoms with Gasteiger partial charge in [0.2, 0.25) is 0 Å². The molecule has 0 saturated heterocycles. The summed E-state index contributed by atoms with van der Waals surface area (Å²) in [6.45, 7) is 14.2. The molecule has 0 radical (unpaired) electrons. The molecule has 0 atom stereocenters. The van der Waals surface area contributed by atoms with Crippen molar-refractivity contribution in [3.8, 4) is 12.8 Å². The number of hydrogen-bond acceptors (Lipinski definition) is 0. The SMILES string of the molecule is C#C.C1=CCCCC1.C=CC.C=CC(=C)C. The third-order valence-electron chi connectivity index (χ3n) is 1.51. The topological polar surface area (TPSA) is 0 Å². The van der Waals surface area contributed by atoms with E-state index in [-0.39, 0.29) is 0 Å². The average Bonchev–Trinajstić information content (AvgIpc) is 2.35. The van der Waals surface area contributed by atoms with Gasteiger partial charge in [-0.25, -0.2) is 0 Å². The molecule has 0 spiro atoms. The molecule has 0 heteroatoms. The first-order valence-electron chi connectivity index (χ1n) is 5.52. The summed E-state index contributed by atoms with van der Waals surface area (Å²) in [5.74, 6) is 0. The third kappa shape index (κ3) is 39.1. The molecule has 0 N–H and O–H groups in total. The standard InChI is InChI=1S/C6H10.C5H8.C3H6.C2H2/c1-2-4-6-5-3-1;1-4-5(2)3;1-3-2;1-2/h1-2H,3-6H2;4H,1-2H2,3H3;3H,1H2,2H3;1-2H. The van der Waals surface area contributed by atoms with Gasteiger partial charge in [-0.2, -0.15) is 0 Å². The summed E-state index contributed by atoms with van der Waals surface area (Å²) in [5, 5.41) is 0. The summed E-state index contributed by atoms with van der Waals surface area (Å²) < 4.78 is 0. The van der Waals surface area contributed by atoms with Crippen LogP contribution in [-0.2, 0) is 0 Å². The van der Waals surface area contributed by atoms with Crippen LogP contribution in [0, 0.1) is 12.8 Å². The molecule has 1 rings (SSSR count). The Kier molecular flexibility index (Phi) is 29.2. The molecule has 1 aliphatic rings. The minimum atomic E-state index is 1.02. The molecule has 0 saturated carbocycles. The van der Waals surface area contributed by atoms with Gasteiger partial charge in [0.25, 0.3) is 0 Å². The van der Waals surface area contributed by atoms with E-state index in [1.165, 1.54) is 25.7 Å². The van der Waals surface area contributed by atoms with Crippen LogP contribution >= 0.6 is 0 Å². The molecule has 0 amide bonds.